The van der Waals surface area contributed by atoms with E-state index in [0.29, 0.717) is 12.5 Å². The normalized spacial score (nSPS) is 19.2. The Morgan fingerprint density at radius 1 is 1.37 bits per heavy atom. The highest BCUT2D eigenvalue weighted by molar-refractivity contribution is 5.94. The van der Waals surface area contributed by atoms with Crippen molar-refractivity contribution in [1.29, 1.82) is 0 Å². The number of nitrogens with zero attached hydrogens (tertiary/aromatic N) is 1. The molecule has 1 unspecified atom stereocenters. The van der Waals surface area contributed by atoms with Gasteiger partial charge in [-0.3, -0.25) is 4.79 Å². The van der Waals surface area contributed by atoms with Crippen molar-refractivity contribution in [2.45, 2.75) is 12.8 Å². The molecule has 0 radical (unpaired) electrons. The Bertz CT molecular complexity index is 439. The van der Waals surface area contributed by atoms with Crippen molar-refractivity contribution in [2.24, 2.45) is 5.92 Å². The Morgan fingerprint density at radius 2 is 2.05 bits per heavy atom. The molecule has 2 rings (SSSR count). The summed E-state index contributed by atoms with van der Waals surface area (Å²) in [6.45, 7) is 2.50. The number of hydrogen-bond acceptors (Lipinski definition) is 2. The predicted octanol–water partition coefficient (Wildman–Crippen LogP) is 2.04. The summed E-state index contributed by atoms with van der Waals surface area (Å²) in [7, 11) is 1.67. The average Bonchev–Trinajstić information content (AvgIpc) is 2.37. The lowest BCUT2D eigenvalue weighted by atomic mass is 9.99. The van der Waals surface area contributed by atoms with Gasteiger partial charge < -0.3 is 10.2 Å². The molecule has 1 aliphatic rings. The quantitative estimate of drug-likeness (QED) is 0.910. The molecule has 0 bridgehead atoms. The van der Waals surface area contributed by atoms with E-state index in [1.807, 2.05) is 0 Å². The number of benzene rings is 1. The first-order valence-corrected chi connectivity index (χ1v) is 6.48. The number of nitrogens with one attached hydrogen (secondary N) is 1. The largest absolute Gasteiger partial charge is 0.341 e. The number of amides is 1. The SMILES string of the molecule is CN(CC1CCCNC1)C(=O)c1cc(F)cc(F)c1. The molecule has 3 nitrogen and oxygen atoms in total. The molecule has 0 aromatic heterocycles. The smallest absolute Gasteiger partial charge is 0.253 e. The van der Waals surface area contributed by atoms with Crippen molar-refractivity contribution in [3.05, 3.63) is 35.4 Å². The fourth-order valence-corrected chi connectivity index (χ4v) is 2.45. The maximum Gasteiger partial charge on any atom is 0.253 e. The second kappa shape index (κ2) is 6.10. The van der Waals surface area contributed by atoms with Crippen LogP contribution < -0.4 is 5.32 Å². The van der Waals surface area contributed by atoms with Crippen LogP contribution in [0.4, 0.5) is 8.78 Å². The Hall–Kier alpha value is -1.49. The monoisotopic (exact) mass is 268 g/mol. The van der Waals surface area contributed by atoms with E-state index in [1.165, 1.54) is 4.90 Å². The number of hydrogen-bond donors (Lipinski definition) is 1. The Morgan fingerprint density at radius 3 is 2.63 bits per heavy atom. The average molecular weight is 268 g/mol. The van der Waals surface area contributed by atoms with Crippen molar-refractivity contribution in [3.8, 4) is 0 Å². The summed E-state index contributed by atoms with van der Waals surface area (Å²) in [6.07, 6.45) is 2.17. The van der Waals surface area contributed by atoms with Gasteiger partial charge in [0.2, 0.25) is 0 Å². The van der Waals surface area contributed by atoms with Gasteiger partial charge in [0, 0.05) is 25.2 Å². The molecule has 0 saturated carbocycles. The lowest BCUT2D eigenvalue weighted by molar-refractivity contribution is 0.0763. The van der Waals surface area contributed by atoms with E-state index >= 15 is 0 Å². The molecule has 1 aliphatic heterocycles. The summed E-state index contributed by atoms with van der Waals surface area (Å²) < 4.78 is 26.2. The number of piperidine rings is 1. The van der Waals surface area contributed by atoms with Gasteiger partial charge in [-0.25, -0.2) is 8.78 Å². The summed E-state index contributed by atoms with van der Waals surface area (Å²) in [5.41, 5.74) is 0.0590. The van der Waals surface area contributed by atoms with Crippen LogP contribution >= 0.6 is 0 Å². The van der Waals surface area contributed by atoms with E-state index in [4.69, 9.17) is 0 Å². The number of rotatable bonds is 3. The van der Waals surface area contributed by atoms with Crippen molar-refractivity contribution < 1.29 is 13.6 Å². The predicted molar refractivity (Wildman–Crippen MR) is 68.9 cm³/mol. The molecule has 1 atom stereocenters. The van der Waals surface area contributed by atoms with E-state index < -0.39 is 11.6 Å². The topological polar surface area (TPSA) is 32.3 Å². The highest BCUT2D eigenvalue weighted by Crippen LogP contribution is 2.14. The Balaban J connectivity index is 2.01. The van der Waals surface area contributed by atoms with Crippen molar-refractivity contribution in [1.82, 2.24) is 10.2 Å². The van der Waals surface area contributed by atoms with Crippen LogP contribution in [0.3, 0.4) is 0 Å². The zero-order chi connectivity index (χ0) is 13.8. The number of halogens is 2. The van der Waals surface area contributed by atoms with Gasteiger partial charge in [-0.05, 0) is 44.0 Å². The lowest BCUT2D eigenvalue weighted by Gasteiger charge is -2.27. The number of carbonyl (C=O) groups excluding carboxylic acids is 1. The molecule has 1 saturated heterocycles. The summed E-state index contributed by atoms with van der Waals surface area (Å²) in [5, 5.41) is 3.28. The maximum absolute atomic E-state index is 13.1. The van der Waals surface area contributed by atoms with Crippen LogP contribution in [0.2, 0.25) is 0 Å². The fourth-order valence-electron chi connectivity index (χ4n) is 2.45. The van der Waals surface area contributed by atoms with Crippen molar-refractivity contribution >= 4 is 5.91 Å². The number of carbonyl (C=O) groups is 1. The van der Waals surface area contributed by atoms with Crippen LogP contribution in [-0.2, 0) is 0 Å². The summed E-state index contributed by atoms with van der Waals surface area (Å²) >= 11 is 0. The molecule has 0 spiro atoms. The van der Waals surface area contributed by atoms with E-state index in [1.54, 1.807) is 7.05 Å². The molecule has 1 amide bonds. The fraction of sp³-hybridized carbons (Fsp3) is 0.500. The first-order valence-electron chi connectivity index (χ1n) is 6.48. The molecule has 5 heteroatoms. The molecule has 1 aromatic rings. The molecule has 1 aromatic carbocycles. The van der Waals surface area contributed by atoms with Crippen molar-refractivity contribution in [3.63, 3.8) is 0 Å². The minimum atomic E-state index is -0.726. The van der Waals surface area contributed by atoms with E-state index in [2.05, 4.69) is 5.32 Å². The van der Waals surface area contributed by atoms with Gasteiger partial charge >= 0.3 is 0 Å². The third-order valence-corrected chi connectivity index (χ3v) is 3.39. The molecule has 19 heavy (non-hydrogen) atoms. The minimum Gasteiger partial charge on any atom is -0.341 e. The van der Waals surface area contributed by atoms with Gasteiger partial charge in [0.15, 0.2) is 0 Å². The first kappa shape index (κ1) is 13.9. The molecule has 1 fully saturated rings. The second-order valence-electron chi connectivity index (χ2n) is 5.06. The van der Waals surface area contributed by atoms with Crippen LogP contribution in [0, 0.1) is 17.6 Å². The highest BCUT2D eigenvalue weighted by Gasteiger charge is 2.19. The molecular weight excluding hydrogens is 250 g/mol. The van der Waals surface area contributed by atoms with Gasteiger partial charge in [0.1, 0.15) is 11.6 Å². The van der Waals surface area contributed by atoms with Gasteiger partial charge in [-0.2, -0.15) is 0 Å². The molecule has 1 N–H and O–H groups in total. The minimum absolute atomic E-state index is 0.0590. The van der Waals surface area contributed by atoms with Crippen LogP contribution in [-0.4, -0.2) is 37.5 Å². The molecular formula is C14H18F2N2O. The van der Waals surface area contributed by atoms with Crippen LogP contribution in [0.1, 0.15) is 23.2 Å². The molecule has 104 valence electrons. The lowest BCUT2D eigenvalue weighted by Crippen LogP contribution is -2.39. The summed E-state index contributed by atoms with van der Waals surface area (Å²) in [4.78, 5) is 13.6. The van der Waals surface area contributed by atoms with Crippen molar-refractivity contribution in [2.75, 3.05) is 26.7 Å². The van der Waals surface area contributed by atoms with E-state index in [0.717, 1.165) is 44.1 Å². The first-order chi connectivity index (χ1) is 9.06. The Kier molecular flexibility index (Phi) is 4.47. The molecule has 0 aliphatic carbocycles. The zero-order valence-corrected chi connectivity index (χ0v) is 11.0. The summed E-state index contributed by atoms with van der Waals surface area (Å²) in [5.74, 6) is -1.39. The molecule has 1 heterocycles. The van der Waals surface area contributed by atoms with Crippen LogP contribution in [0.5, 0.6) is 0 Å². The van der Waals surface area contributed by atoms with Gasteiger partial charge in [0.25, 0.3) is 5.91 Å². The van der Waals surface area contributed by atoms with Crippen LogP contribution in [0.15, 0.2) is 18.2 Å². The Labute approximate surface area is 111 Å². The van der Waals surface area contributed by atoms with E-state index in [-0.39, 0.29) is 11.5 Å². The summed E-state index contributed by atoms with van der Waals surface area (Å²) in [6, 6.07) is 2.91. The van der Waals surface area contributed by atoms with Gasteiger partial charge in [-0.1, -0.05) is 0 Å². The van der Waals surface area contributed by atoms with Crippen LogP contribution in [0.25, 0.3) is 0 Å². The van der Waals surface area contributed by atoms with E-state index in [9.17, 15) is 13.6 Å². The standard InChI is InChI=1S/C14H18F2N2O/c1-18(9-10-3-2-4-17-8-10)14(19)11-5-12(15)7-13(16)6-11/h5-7,10,17H,2-4,8-9H2,1H3. The van der Waals surface area contributed by atoms with Gasteiger partial charge in [-0.15, -0.1) is 0 Å². The second-order valence-corrected chi connectivity index (χ2v) is 5.06. The zero-order valence-electron chi connectivity index (χ0n) is 11.0. The maximum atomic E-state index is 13.1. The van der Waals surface area contributed by atoms with Gasteiger partial charge in [0.05, 0.1) is 0 Å². The third kappa shape index (κ3) is 3.73. The highest BCUT2D eigenvalue weighted by atomic mass is 19.1. The third-order valence-electron chi connectivity index (χ3n) is 3.39.